The Morgan fingerprint density at radius 3 is 3.00 bits per heavy atom. The van der Waals surface area contributed by atoms with E-state index in [1.807, 2.05) is 24.3 Å². The number of hydrogen-bond donors (Lipinski definition) is 0. The molecule has 3 heteroatoms. The summed E-state index contributed by atoms with van der Waals surface area (Å²) in [4.78, 5) is 2.17. The van der Waals surface area contributed by atoms with Gasteiger partial charge in [0.05, 0.1) is 6.61 Å². The first-order valence-corrected chi connectivity index (χ1v) is 4.72. The quantitative estimate of drug-likeness (QED) is 0.685. The smallest absolute Gasteiger partial charge is 0.136 e. The highest BCUT2D eigenvalue weighted by atomic mass is 35.5. The van der Waals surface area contributed by atoms with Gasteiger partial charge in [-0.2, -0.15) is 0 Å². The van der Waals surface area contributed by atoms with E-state index in [2.05, 4.69) is 11.9 Å². The van der Waals surface area contributed by atoms with Crippen molar-refractivity contribution < 1.29 is 4.74 Å². The van der Waals surface area contributed by atoms with E-state index >= 15 is 0 Å². The van der Waals surface area contributed by atoms with Crippen LogP contribution in [-0.2, 0) is 4.74 Å². The van der Waals surface area contributed by atoms with Gasteiger partial charge in [0.2, 0.25) is 0 Å². The number of rotatable bonds is 1. The van der Waals surface area contributed by atoms with Crippen LogP contribution in [0.1, 0.15) is 11.8 Å². The first kappa shape index (κ1) is 9.00. The lowest BCUT2D eigenvalue weighted by Gasteiger charge is -2.18. The van der Waals surface area contributed by atoms with Crippen LogP contribution in [0.5, 0.6) is 0 Å². The highest BCUT2D eigenvalue weighted by molar-refractivity contribution is 6.30. The van der Waals surface area contributed by atoms with Gasteiger partial charge in [0.25, 0.3) is 0 Å². The molecule has 2 nitrogen and oxygen atoms in total. The van der Waals surface area contributed by atoms with Gasteiger partial charge in [-0.1, -0.05) is 23.7 Å². The Balaban J connectivity index is 2.24. The van der Waals surface area contributed by atoms with Crippen molar-refractivity contribution in [2.24, 2.45) is 0 Å². The molecule has 13 heavy (non-hydrogen) atoms. The fourth-order valence-corrected chi connectivity index (χ4v) is 1.76. The number of benzene rings is 1. The predicted octanol–water partition coefficient (Wildman–Crippen LogP) is 2.30. The SMILES string of the molecule is CN1CCO[C@H]1c1cccc(Cl)c1. The van der Waals surface area contributed by atoms with E-state index in [4.69, 9.17) is 16.3 Å². The van der Waals surface area contributed by atoms with Crippen molar-refractivity contribution >= 4 is 11.6 Å². The van der Waals surface area contributed by atoms with Crippen molar-refractivity contribution in [3.8, 4) is 0 Å². The van der Waals surface area contributed by atoms with Gasteiger partial charge in [0.1, 0.15) is 6.23 Å². The topological polar surface area (TPSA) is 12.5 Å². The predicted molar refractivity (Wildman–Crippen MR) is 52.8 cm³/mol. The second-order valence-electron chi connectivity index (χ2n) is 3.26. The van der Waals surface area contributed by atoms with E-state index in [1.165, 1.54) is 0 Å². The fourth-order valence-electron chi connectivity index (χ4n) is 1.56. The molecule has 2 rings (SSSR count). The van der Waals surface area contributed by atoms with Gasteiger partial charge >= 0.3 is 0 Å². The van der Waals surface area contributed by atoms with Gasteiger partial charge in [0.15, 0.2) is 0 Å². The van der Waals surface area contributed by atoms with Gasteiger partial charge in [-0.3, -0.25) is 4.90 Å². The van der Waals surface area contributed by atoms with E-state index in [9.17, 15) is 0 Å². The van der Waals surface area contributed by atoms with Gasteiger partial charge in [-0.25, -0.2) is 0 Å². The van der Waals surface area contributed by atoms with Gasteiger partial charge in [-0.05, 0) is 24.7 Å². The Morgan fingerprint density at radius 2 is 2.38 bits per heavy atom. The average molecular weight is 198 g/mol. The Morgan fingerprint density at radius 1 is 1.54 bits per heavy atom. The molecule has 1 aliphatic rings. The zero-order valence-electron chi connectivity index (χ0n) is 7.53. The van der Waals surface area contributed by atoms with Crippen molar-refractivity contribution in [3.63, 3.8) is 0 Å². The maximum absolute atomic E-state index is 5.90. The third kappa shape index (κ3) is 1.85. The lowest BCUT2D eigenvalue weighted by molar-refractivity contribution is 0.0454. The zero-order chi connectivity index (χ0) is 9.26. The highest BCUT2D eigenvalue weighted by Crippen LogP contribution is 2.26. The summed E-state index contributed by atoms with van der Waals surface area (Å²) in [6.45, 7) is 1.78. The minimum atomic E-state index is 0.0821. The number of likely N-dealkylation sites (N-methyl/N-ethyl adjacent to an activating group) is 1. The van der Waals surface area contributed by atoms with Crippen LogP contribution in [0, 0.1) is 0 Å². The van der Waals surface area contributed by atoms with Crippen LogP contribution in [0.3, 0.4) is 0 Å². The minimum absolute atomic E-state index is 0.0821. The summed E-state index contributed by atoms with van der Waals surface area (Å²) in [6, 6.07) is 7.82. The molecule has 0 N–H and O–H groups in total. The molecule has 1 heterocycles. The second kappa shape index (κ2) is 3.66. The van der Waals surface area contributed by atoms with E-state index in [0.717, 1.165) is 23.7 Å². The lowest BCUT2D eigenvalue weighted by Crippen LogP contribution is -2.18. The van der Waals surface area contributed by atoms with Crippen LogP contribution in [0.15, 0.2) is 24.3 Å². The summed E-state index contributed by atoms with van der Waals surface area (Å²) >= 11 is 5.90. The Bertz CT molecular complexity index is 303. The molecule has 0 spiro atoms. The van der Waals surface area contributed by atoms with Crippen LogP contribution in [0.25, 0.3) is 0 Å². The highest BCUT2D eigenvalue weighted by Gasteiger charge is 2.22. The molecular formula is C10H12ClNO. The molecule has 0 unspecified atom stereocenters. The van der Waals surface area contributed by atoms with Crippen molar-refractivity contribution in [2.45, 2.75) is 6.23 Å². The largest absolute Gasteiger partial charge is 0.358 e. The monoisotopic (exact) mass is 197 g/mol. The molecule has 70 valence electrons. The van der Waals surface area contributed by atoms with Crippen molar-refractivity contribution in [2.75, 3.05) is 20.2 Å². The molecule has 1 aliphatic heterocycles. The summed E-state index contributed by atoms with van der Waals surface area (Å²) < 4.78 is 5.57. The Kier molecular flexibility index (Phi) is 2.54. The second-order valence-corrected chi connectivity index (χ2v) is 3.70. The summed E-state index contributed by atoms with van der Waals surface area (Å²) in [6.07, 6.45) is 0.0821. The molecule has 0 aliphatic carbocycles. The summed E-state index contributed by atoms with van der Waals surface area (Å²) in [5, 5.41) is 0.765. The Hall–Kier alpha value is -0.570. The van der Waals surface area contributed by atoms with Crippen molar-refractivity contribution in [3.05, 3.63) is 34.9 Å². The van der Waals surface area contributed by atoms with Crippen LogP contribution in [-0.4, -0.2) is 25.1 Å². The third-order valence-electron chi connectivity index (χ3n) is 2.25. The van der Waals surface area contributed by atoms with Gasteiger partial charge in [0, 0.05) is 11.6 Å². The maximum Gasteiger partial charge on any atom is 0.136 e. The molecular weight excluding hydrogens is 186 g/mol. The number of halogens is 1. The molecule has 0 saturated carbocycles. The third-order valence-corrected chi connectivity index (χ3v) is 2.49. The van der Waals surface area contributed by atoms with E-state index < -0.39 is 0 Å². The standard InChI is InChI=1S/C10H12ClNO/c1-12-5-6-13-10(12)8-3-2-4-9(11)7-8/h2-4,7,10H,5-6H2,1H3/t10-/m0/s1. The fraction of sp³-hybridized carbons (Fsp3) is 0.400. The lowest BCUT2D eigenvalue weighted by atomic mass is 10.2. The summed E-state index contributed by atoms with van der Waals surface area (Å²) in [7, 11) is 2.05. The Labute approximate surface area is 83.1 Å². The van der Waals surface area contributed by atoms with Crippen molar-refractivity contribution in [1.29, 1.82) is 0 Å². The summed E-state index contributed by atoms with van der Waals surface area (Å²) in [5.74, 6) is 0. The first-order valence-electron chi connectivity index (χ1n) is 4.35. The molecule has 1 fully saturated rings. The number of ether oxygens (including phenoxy) is 1. The van der Waals surface area contributed by atoms with Crippen molar-refractivity contribution in [1.82, 2.24) is 4.90 Å². The van der Waals surface area contributed by atoms with E-state index in [1.54, 1.807) is 0 Å². The number of nitrogens with zero attached hydrogens (tertiary/aromatic N) is 1. The molecule has 1 aromatic carbocycles. The molecule has 1 atom stereocenters. The normalized spacial score (nSPS) is 23.7. The number of hydrogen-bond acceptors (Lipinski definition) is 2. The molecule has 1 aromatic rings. The van der Waals surface area contributed by atoms with Crippen LogP contribution in [0.4, 0.5) is 0 Å². The molecule has 0 radical (unpaired) electrons. The summed E-state index contributed by atoms with van der Waals surface area (Å²) in [5.41, 5.74) is 1.13. The van der Waals surface area contributed by atoms with Crippen LogP contribution < -0.4 is 0 Å². The van der Waals surface area contributed by atoms with Crippen LogP contribution >= 0.6 is 11.6 Å². The van der Waals surface area contributed by atoms with Gasteiger partial charge in [-0.15, -0.1) is 0 Å². The molecule has 1 saturated heterocycles. The van der Waals surface area contributed by atoms with Crippen LogP contribution in [0.2, 0.25) is 5.02 Å². The van der Waals surface area contributed by atoms with E-state index in [-0.39, 0.29) is 6.23 Å². The maximum atomic E-state index is 5.90. The molecule has 0 bridgehead atoms. The first-order chi connectivity index (χ1) is 6.27. The molecule has 0 aromatic heterocycles. The van der Waals surface area contributed by atoms with Gasteiger partial charge < -0.3 is 4.74 Å². The minimum Gasteiger partial charge on any atom is -0.358 e. The average Bonchev–Trinajstić information content (AvgIpc) is 2.51. The van der Waals surface area contributed by atoms with E-state index in [0.29, 0.717) is 0 Å². The zero-order valence-corrected chi connectivity index (χ0v) is 8.29. The molecule has 0 amide bonds.